The lowest BCUT2D eigenvalue weighted by Gasteiger charge is -2.29. The van der Waals surface area contributed by atoms with Crippen molar-refractivity contribution >= 4 is 29.3 Å². The molecule has 1 aliphatic heterocycles. The standard InChI is InChI=1S/C19H21N5O3S/c1-2-27-17(25)15-12-20-18-21-19(28-13-14-6-4-3-5-7-14)22-24(18)16(15)23-8-10-26-11-9-23/h3-7,12H,2,8-11,13H2,1H3. The van der Waals surface area contributed by atoms with Gasteiger partial charge in [0, 0.05) is 25.0 Å². The Hall–Kier alpha value is -2.65. The van der Waals surface area contributed by atoms with Gasteiger partial charge in [0.05, 0.1) is 19.8 Å². The fourth-order valence-corrected chi connectivity index (χ4v) is 3.79. The fourth-order valence-electron chi connectivity index (χ4n) is 3.02. The van der Waals surface area contributed by atoms with Crippen LogP contribution < -0.4 is 4.90 Å². The monoisotopic (exact) mass is 399 g/mol. The van der Waals surface area contributed by atoms with E-state index in [1.54, 1.807) is 11.4 Å². The minimum atomic E-state index is -0.410. The van der Waals surface area contributed by atoms with Crippen molar-refractivity contribution in [2.24, 2.45) is 0 Å². The van der Waals surface area contributed by atoms with Crippen molar-refractivity contribution in [1.29, 1.82) is 0 Å². The molecule has 1 fully saturated rings. The van der Waals surface area contributed by atoms with E-state index < -0.39 is 5.97 Å². The van der Waals surface area contributed by atoms with Gasteiger partial charge in [0.15, 0.2) is 5.82 Å². The zero-order valence-corrected chi connectivity index (χ0v) is 16.4. The maximum absolute atomic E-state index is 12.5. The SMILES string of the molecule is CCOC(=O)c1cnc2nc(SCc3ccccc3)nn2c1N1CCOCC1. The Morgan fingerprint density at radius 3 is 2.79 bits per heavy atom. The highest BCUT2D eigenvalue weighted by Gasteiger charge is 2.25. The molecule has 1 aromatic carbocycles. The summed E-state index contributed by atoms with van der Waals surface area (Å²) >= 11 is 1.54. The number of thioether (sulfide) groups is 1. The van der Waals surface area contributed by atoms with Gasteiger partial charge in [-0.3, -0.25) is 0 Å². The predicted octanol–water partition coefficient (Wildman–Crippen LogP) is 2.43. The second-order valence-electron chi connectivity index (χ2n) is 6.20. The number of hydrogen-bond donors (Lipinski definition) is 0. The zero-order chi connectivity index (χ0) is 19.3. The van der Waals surface area contributed by atoms with Crippen molar-refractivity contribution in [3.8, 4) is 0 Å². The highest BCUT2D eigenvalue weighted by atomic mass is 32.2. The summed E-state index contributed by atoms with van der Waals surface area (Å²) in [5, 5.41) is 5.24. The molecule has 0 radical (unpaired) electrons. The van der Waals surface area contributed by atoms with E-state index in [0.717, 1.165) is 5.75 Å². The summed E-state index contributed by atoms with van der Waals surface area (Å²) in [4.78, 5) is 23.4. The van der Waals surface area contributed by atoms with Gasteiger partial charge in [-0.25, -0.2) is 9.78 Å². The van der Waals surface area contributed by atoms with Crippen molar-refractivity contribution in [2.75, 3.05) is 37.8 Å². The number of benzene rings is 1. The molecule has 0 bridgehead atoms. The fraction of sp³-hybridized carbons (Fsp3) is 0.368. The average Bonchev–Trinajstić information content (AvgIpc) is 3.16. The molecule has 146 valence electrons. The molecule has 0 unspecified atom stereocenters. The van der Waals surface area contributed by atoms with E-state index in [1.807, 2.05) is 18.2 Å². The first kappa shape index (κ1) is 18.7. The predicted molar refractivity (Wildman–Crippen MR) is 106 cm³/mol. The first-order valence-electron chi connectivity index (χ1n) is 9.18. The van der Waals surface area contributed by atoms with Crippen LogP contribution in [0.25, 0.3) is 5.78 Å². The van der Waals surface area contributed by atoms with Crippen LogP contribution >= 0.6 is 11.8 Å². The quantitative estimate of drug-likeness (QED) is 0.462. The van der Waals surface area contributed by atoms with Gasteiger partial charge in [-0.05, 0) is 12.5 Å². The Balaban J connectivity index is 1.69. The lowest BCUT2D eigenvalue weighted by molar-refractivity contribution is 0.0525. The van der Waals surface area contributed by atoms with Crippen molar-refractivity contribution in [3.05, 3.63) is 47.7 Å². The second kappa shape index (κ2) is 8.57. The molecule has 0 saturated carbocycles. The number of aromatic nitrogens is 4. The van der Waals surface area contributed by atoms with E-state index in [1.165, 1.54) is 23.5 Å². The number of morpholine rings is 1. The van der Waals surface area contributed by atoms with Crippen molar-refractivity contribution in [3.63, 3.8) is 0 Å². The van der Waals surface area contributed by atoms with E-state index in [0.29, 0.717) is 55.2 Å². The molecule has 1 saturated heterocycles. The molecular formula is C19H21N5O3S. The number of anilines is 1. The Morgan fingerprint density at radius 2 is 2.04 bits per heavy atom. The summed E-state index contributed by atoms with van der Waals surface area (Å²) < 4.78 is 12.3. The van der Waals surface area contributed by atoms with E-state index in [4.69, 9.17) is 9.47 Å². The number of ether oxygens (including phenoxy) is 2. The molecule has 0 spiro atoms. The molecule has 3 heterocycles. The lowest BCUT2D eigenvalue weighted by Crippen LogP contribution is -2.38. The molecule has 1 aliphatic rings. The minimum Gasteiger partial charge on any atom is -0.462 e. The summed E-state index contributed by atoms with van der Waals surface area (Å²) in [5.74, 6) is 1.47. The topological polar surface area (TPSA) is 81.8 Å². The smallest absolute Gasteiger partial charge is 0.343 e. The third-order valence-electron chi connectivity index (χ3n) is 4.34. The molecule has 0 amide bonds. The van der Waals surface area contributed by atoms with Gasteiger partial charge in [-0.1, -0.05) is 42.1 Å². The van der Waals surface area contributed by atoms with Crippen LogP contribution in [0.2, 0.25) is 0 Å². The number of carbonyl (C=O) groups is 1. The maximum atomic E-state index is 12.5. The Kier molecular flexibility index (Phi) is 5.73. The van der Waals surface area contributed by atoms with Gasteiger partial charge in [0.1, 0.15) is 5.56 Å². The number of esters is 1. The van der Waals surface area contributed by atoms with Crippen LogP contribution in [0.1, 0.15) is 22.8 Å². The van der Waals surface area contributed by atoms with Gasteiger partial charge in [-0.2, -0.15) is 9.50 Å². The molecule has 0 aliphatic carbocycles. The number of nitrogens with zero attached hydrogens (tertiary/aromatic N) is 5. The van der Waals surface area contributed by atoms with E-state index in [9.17, 15) is 4.79 Å². The maximum Gasteiger partial charge on any atom is 0.343 e. The Labute approximate surface area is 166 Å². The van der Waals surface area contributed by atoms with Crippen molar-refractivity contribution in [1.82, 2.24) is 19.6 Å². The normalized spacial score (nSPS) is 14.4. The molecule has 8 nitrogen and oxygen atoms in total. The lowest BCUT2D eigenvalue weighted by atomic mass is 10.2. The molecule has 4 rings (SSSR count). The van der Waals surface area contributed by atoms with Gasteiger partial charge in [0.25, 0.3) is 5.78 Å². The van der Waals surface area contributed by atoms with Gasteiger partial charge < -0.3 is 14.4 Å². The second-order valence-corrected chi connectivity index (χ2v) is 7.14. The third-order valence-corrected chi connectivity index (χ3v) is 5.25. The highest BCUT2D eigenvalue weighted by Crippen LogP contribution is 2.26. The molecule has 0 atom stereocenters. The van der Waals surface area contributed by atoms with Crippen LogP contribution in [0.4, 0.5) is 5.82 Å². The Bertz CT molecular complexity index is 957. The van der Waals surface area contributed by atoms with Crippen LogP contribution in [0, 0.1) is 0 Å². The Morgan fingerprint density at radius 1 is 1.25 bits per heavy atom. The van der Waals surface area contributed by atoms with Crippen LogP contribution in [0.3, 0.4) is 0 Å². The van der Waals surface area contributed by atoms with Crippen molar-refractivity contribution < 1.29 is 14.3 Å². The van der Waals surface area contributed by atoms with Crippen LogP contribution in [-0.2, 0) is 15.2 Å². The molecule has 3 aromatic rings. The van der Waals surface area contributed by atoms with Crippen molar-refractivity contribution in [2.45, 2.75) is 17.8 Å². The molecule has 0 N–H and O–H groups in total. The van der Waals surface area contributed by atoms with E-state index >= 15 is 0 Å². The van der Waals surface area contributed by atoms with Gasteiger partial charge >= 0.3 is 5.97 Å². The summed E-state index contributed by atoms with van der Waals surface area (Å²) in [6.07, 6.45) is 1.53. The highest BCUT2D eigenvalue weighted by molar-refractivity contribution is 7.98. The summed E-state index contributed by atoms with van der Waals surface area (Å²) in [7, 11) is 0. The zero-order valence-electron chi connectivity index (χ0n) is 15.6. The molecule has 2 aromatic heterocycles. The van der Waals surface area contributed by atoms with E-state index in [2.05, 4.69) is 32.1 Å². The van der Waals surface area contributed by atoms with Crippen LogP contribution in [0.5, 0.6) is 0 Å². The summed E-state index contributed by atoms with van der Waals surface area (Å²) in [6.45, 7) is 4.60. The average molecular weight is 399 g/mol. The van der Waals surface area contributed by atoms with Gasteiger partial charge in [-0.15, -0.1) is 5.10 Å². The van der Waals surface area contributed by atoms with Gasteiger partial charge in [0.2, 0.25) is 5.16 Å². The minimum absolute atomic E-state index is 0.301. The molecule has 9 heteroatoms. The third kappa shape index (κ3) is 3.95. The first-order valence-corrected chi connectivity index (χ1v) is 10.2. The molecule has 28 heavy (non-hydrogen) atoms. The first-order chi connectivity index (χ1) is 13.8. The van der Waals surface area contributed by atoms with Crippen LogP contribution in [0.15, 0.2) is 41.7 Å². The number of rotatable bonds is 6. The number of carbonyl (C=O) groups excluding carboxylic acids is 1. The summed E-state index contributed by atoms with van der Waals surface area (Å²) in [5.41, 5.74) is 1.58. The molecular weight excluding hydrogens is 378 g/mol. The number of hydrogen-bond acceptors (Lipinski definition) is 8. The van der Waals surface area contributed by atoms with E-state index in [-0.39, 0.29) is 0 Å². The number of fused-ring (bicyclic) bond motifs is 1. The van der Waals surface area contributed by atoms with Crippen LogP contribution in [-0.4, -0.2) is 58.5 Å². The largest absolute Gasteiger partial charge is 0.462 e. The summed E-state index contributed by atoms with van der Waals surface area (Å²) in [6, 6.07) is 10.2.